The van der Waals surface area contributed by atoms with Crippen LogP contribution in [0.1, 0.15) is 11.1 Å². The third kappa shape index (κ3) is 7.10. The van der Waals surface area contributed by atoms with E-state index in [1.807, 2.05) is 94.6 Å². The molecule has 334 valence electrons. The summed E-state index contributed by atoms with van der Waals surface area (Å²) in [4.78, 5) is 28.1. The fraction of sp³-hybridized carbons (Fsp3) is 0.0345. The average molecular weight is 909 g/mol. The highest BCUT2D eigenvalue weighted by atomic mass is 16.5. The lowest BCUT2D eigenvalue weighted by molar-refractivity contribution is 0.480. The number of rotatable bonds is 10. The van der Waals surface area contributed by atoms with Crippen molar-refractivity contribution in [3.63, 3.8) is 0 Å². The second kappa shape index (κ2) is 16.6. The predicted octanol–water partition coefficient (Wildman–Crippen LogP) is 13.4. The second-order valence-corrected chi connectivity index (χ2v) is 17.2. The van der Waals surface area contributed by atoms with E-state index in [-0.39, 0.29) is 0 Å². The zero-order valence-corrected chi connectivity index (χ0v) is 37.9. The monoisotopic (exact) mass is 908 g/mol. The number of fused-ring (bicyclic) bond motifs is 6. The van der Waals surface area contributed by atoms with E-state index >= 15 is 0 Å². The van der Waals surface area contributed by atoms with E-state index in [0.29, 0.717) is 34.4 Å². The van der Waals surface area contributed by atoms with E-state index in [0.717, 1.165) is 88.9 Å². The molecule has 6 aromatic carbocycles. The molecule has 0 atom stereocenters. The van der Waals surface area contributed by atoms with Crippen LogP contribution in [0.4, 0.5) is 0 Å². The molecule has 0 saturated heterocycles. The van der Waals surface area contributed by atoms with Crippen molar-refractivity contribution in [1.82, 2.24) is 48.2 Å². The number of aryl methyl sites for hydroxylation is 2. The van der Waals surface area contributed by atoms with Crippen molar-refractivity contribution in [1.29, 1.82) is 0 Å². The van der Waals surface area contributed by atoms with Gasteiger partial charge in [-0.15, -0.1) is 0 Å². The summed E-state index contributed by atoms with van der Waals surface area (Å²) in [6, 6.07) is 49.5. The van der Waals surface area contributed by atoms with E-state index in [1.165, 1.54) is 0 Å². The Hall–Kier alpha value is -9.68. The SMILES string of the molecule is Cc1ccnc(-n2c3ccccc3c3ccc(Oc4cc(-c5cnc(-c6ccc(-n7ccnc7)c(Oc7ccc8c9ccccc9n(-c9cc(C)ccn9)c8c7)c6)cn5)ccc4-n4ccnc4)cc32)c1. The van der Waals surface area contributed by atoms with Crippen LogP contribution in [-0.2, 0) is 0 Å². The second-order valence-electron chi connectivity index (χ2n) is 17.2. The molecule has 7 heterocycles. The maximum atomic E-state index is 6.83. The van der Waals surface area contributed by atoms with Crippen LogP contribution in [0, 0.1) is 13.8 Å². The Kier molecular flexibility index (Phi) is 9.61. The van der Waals surface area contributed by atoms with Gasteiger partial charge in [0.2, 0.25) is 0 Å². The van der Waals surface area contributed by atoms with Gasteiger partial charge < -0.3 is 18.6 Å². The minimum atomic E-state index is 0.627. The highest BCUT2D eigenvalue weighted by Crippen LogP contribution is 2.40. The van der Waals surface area contributed by atoms with Crippen molar-refractivity contribution in [2.75, 3.05) is 0 Å². The molecule has 0 unspecified atom stereocenters. The van der Waals surface area contributed by atoms with Crippen molar-refractivity contribution in [2.45, 2.75) is 13.8 Å². The number of nitrogens with zero attached hydrogens (tertiary/aromatic N) is 10. The van der Waals surface area contributed by atoms with Crippen LogP contribution < -0.4 is 9.47 Å². The molecule has 0 aliphatic carbocycles. The normalized spacial score (nSPS) is 11.6. The maximum absolute atomic E-state index is 6.83. The molecule has 0 saturated carbocycles. The predicted molar refractivity (Wildman–Crippen MR) is 274 cm³/mol. The minimum absolute atomic E-state index is 0.627. The number of imidazole rings is 2. The molecule has 0 N–H and O–H groups in total. The van der Waals surface area contributed by atoms with E-state index in [9.17, 15) is 0 Å². The van der Waals surface area contributed by atoms with Gasteiger partial charge in [-0.25, -0.2) is 19.9 Å². The van der Waals surface area contributed by atoms with Crippen LogP contribution in [0.5, 0.6) is 23.0 Å². The Bertz CT molecular complexity index is 3830. The van der Waals surface area contributed by atoms with Gasteiger partial charge in [0, 0.05) is 82.0 Å². The van der Waals surface area contributed by atoms with E-state index in [4.69, 9.17) is 29.4 Å². The molecular formula is C58H40N10O2. The van der Waals surface area contributed by atoms with Crippen molar-refractivity contribution in [3.8, 4) is 68.5 Å². The molecule has 12 heteroatoms. The van der Waals surface area contributed by atoms with Gasteiger partial charge in [0.25, 0.3) is 0 Å². The molecule has 7 aromatic heterocycles. The van der Waals surface area contributed by atoms with Crippen LogP contribution >= 0.6 is 0 Å². The summed E-state index contributed by atoms with van der Waals surface area (Å²) >= 11 is 0. The summed E-state index contributed by atoms with van der Waals surface area (Å²) in [5.41, 5.74) is 11.1. The van der Waals surface area contributed by atoms with Gasteiger partial charge in [-0.2, -0.15) is 0 Å². The van der Waals surface area contributed by atoms with Gasteiger partial charge in [0.1, 0.15) is 23.1 Å². The highest BCUT2D eigenvalue weighted by molar-refractivity contribution is 6.10. The first-order valence-electron chi connectivity index (χ1n) is 22.8. The zero-order chi connectivity index (χ0) is 46.7. The zero-order valence-electron chi connectivity index (χ0n) is 37.9. The Morgan fingerprint density at radius 2 is 0.857 bits per heavy atom. The Morgan fingerprint density at radius 1 is 0.400 bits per heavy atom. The van der Waals surface area contributed by atoms with Gasteiger partial charge in [0.05, 0.1) is 69.9 Å². The van der Waals surface area contributed by atoms with E-state index in [2.05, 4.69) is 118 Å². The van der Waals surface area contributed by atoms with Crippen molar-refractivity contribution >= 4 is 43.6 Å². The first-order valence-corrected chi connectivity index (χ1v) is 22.8. The van der Waals surface area contributed by atoms with E-state index < -0.39 is 0 Å². The lowest BCUT2D eigenvalue weighted by atomic mass is 10.1. The minimum Gasteiger partial charge on any atom is -0.455 e. The third-order valence-corrected chi connectivity index (χ3v) is 12.7. The number of ether oxygens (including phenoxy) is 2. The Morgan fingerprint density at radius 3 is 1.29 bits per heavy atom. The lowest BCUT2D eigenvalue weighted by Gasteiger charge is -2.15. The number of hydrogen-bond donors (Lipinski definition) is 0. The first-order chi connectivity index (χ1) is 34.5. The molecule has 0 aliphatic heterocycles. The fourth-order valence-corrected chi connectivity index (χ4v) is 9.43. The van der Waals surface area contributed by atoms with Crippen LogP contribution in [-0.4, -0.2) is 48.2 Å². The molecule has 0 fully saturated rings. The van der Waals surface area contributed by atoms with Crippen molar-refractivity contribution in [2.24, 2.45) is 0 Å². The summed E-state index contributed by atoms with van der Waals surface area (Å²) in [5, 5.41) is 4.50. The van der Waals surface area contributed by atoms with Crippen molar-refractivity contribution < 1.29 is 9.47 Å². The van der Waals surface area contributed by atoms with Gasteiger partial charge in [-0.3, -0.25) is 19.1 Å². The summed E-state index contributed by atoms with van der Waals surface area (Å²) in [6.07, 6.45) is 18.1. The Labute approximate surface area is 401 Å². The molecular weight excluding hydrogens is 869 g/mol. The largest absolute Gasteiger partial charge is 0.455 e. The summed E-state index contributed by atoms with van der Waals surface area (Å²) in [7, 11) is 0. The van der Waals surface area contributed by atoms with Crippen LogP contribution in [0.3, 0.4) is 0 Å². The molecule has 13 rings (SSSR count). The highest BCUT2D eigenvalue weighted by Gasteiger charge is 2.19. The molecule has 13 aromatic rings. The first kappa shape index (κ1) is 40.6. The molecule has 0 spiro atoms. The maximum Gasteiger partial charge on any atom is 0.152 e. The van der Waals surface area contributed by atoms with Gasteiger partial charge in [-0.1, -0.05) is 48.5 Å². The molecule has 70 heavy (non-hydrogen) atoms. The number of pyridine rings is 2. The van der Waals surface area contributed by atoms with Crippen LogP contribution in [0.25, 0.3) is 89.1 Å². The quantitative estimate of drug-likeness (QED) is 0.133. The van der Waals surface area contributed by atoms with Crippen LogP contribution in [0.15, 0.2) is 208 Å². The molecule has 0 aliphatic rings. The number of hydrogen-bond acceptors (Lipinski definition) is 8. The van der Waals surface area contributed by atoms with E-state index in [1.54, 1.807) is 37.4 Å². The number of benzene rings is 6. The van der Waals surface area contributed by atoms with Gasteiger partial charge in [-0.05, 0) is 110 Å². The molecule has 0 radical (unpaired) electrons. The lowest BCUT2D eigenvalue weighted by Crippen LogP contribution is -1.99. The number of para-hydroxylation sites is 2. The van der Waals surface area contributed by atoms with Gasteiger partial charge in [0.15, 0.2) is 11.5 Å². The van der Waals surface area contributed by atoms with Crippen LogP contribution in [0.2, 0.25) is 0 Å². The fourth-order valence-electron chi connectivity index (χ4n) is 9.43. The molecule has 0 bridgehead atoms. The smallest absolute Gasteiger partial charge is 0.152 e. The molecule has 12 nitrogen and oxygen atoms in total. The number of aromatic nitrogens is 10. The summed E-state index contributed by atoms with van der Waals surface area (Å²) < 4.78 is 21.9. The van der Waals surface area contributed by atoms with Gasteiger partial charge >= 0.3 is 0 Å². The summed E-state index contributed by atoms with van der Waals surface area (Å²) in [6.45, 7) is 4.16. The third-order valence-electron chi connectivity index (χ3n) is 12.7. The molecule has 0 amide bonds. The average Bonchev–Trinajstić information content (AvgIpc) is 4.23. The summed E-state index contributed by atoms with van der Waals surface area (Å²) in [5.74, 6) is 4.29. The topological polar surface area (TPSA) is 116 Å². The van der Waals surface area contributed by atoms with Crippen molar-refractivity contribution in [3.05, 3.63) is 219 Å². The Balaban J connectivity index is 0.846. The standard InChI is InChI=1S/C58H40N10O2/c1-37-19-21-61-57(27-37)67-49-9-5-3-7-43(49)45-15-13-41(31-53(45)67)69-55-29-39(11-17-51(55)65-25-23-59-35-65)47-33-64-48(34-63-47)40-12-18-52(66-26-24-60-36-66)56(30-40)70-42-14-16-46-44-8-4-6-10-50(44)68(54(46)32-42)58-28-38(2)20-22-62-58/h3-36H,1-2H3.